The molecule has 72 valence electrons. The zero-order valence-electron chi connectivity index (χ0n) is 7.79. The van der Waals surface area contributed by atoms with E-state index in [-0.39, 0.29) is 11.9 Å². The summed E-state index contributed by atoms with van der Waals surface area (Å²) in [4.78, 5) is 10.9. The van der Waals surface area contributed by atoms with Crippen LogP contribution in [-0.4, -0.2) is 29.7 Å². The van der Waals surface area contributed by atoms with Gasteiger partial charge >= 0.3 is 0 Å². The van der Waals surface area contributed by atoms with Gasteiger partial charge in [-0.1, -0.05) is 0 Å². The second-order valence-electron chi connectivity index (χ2n) is 2.79. The van der Waals surface area contributed by atoms with Gasteiger partial charge in [0.1, 0.15) is 0 Å². The van der Waals surface area contributed by atoms with E-state index in [0.29, 0.717) is 6.54 Å². The van der Waals surface area contributed by atoms with Crippen molar-refractivity contribution in [3.05, 3.63) is 18.0 Å². The summed E-state index contributed by atoms with van der Waals surface area (Å²) in [6.07, 6.45) is 1.69. The summed E-state index contributed by atoms with van der Waals surface area (Å²) >= 11 is 0. The van der Waals surface area contributed by atoms with E-state index < -0.39 is 0 Å². The molecule has 1 amide bonds. The van der Waals surface area contributed by atoms with Crippen molar-refractivity contribution < 1.29 is 4.79 Å². The zero-order chi connectivity index (χ0) is 9.68. The Morgan fingerprint density at radius 1 is 1.77 bits per heavy atom. The van der Waals surface area contributed by atoms with Crippen LogP contribution in [0.5, 0.6) is 0 Å². The number of amides is 1. The molecular formula is C8H14N4O. The molecule has 1 unspecified atom stereocenters. The van der Waals surface area contributed by atoms with Crippen LogP contribution in [0.25, 0.3) is 0 Å². The molecule has 5 nitrogen and oxygen atoms in total. The lowest BCUT2D eigenvalue weighted by molar-refractivity contribution is -0.119. The van der Waals surface area contributed by atoms with Gasteiger partial charge in [0.15, 0.2) is 0 Å². The number of nitrogens with zero attached hydrogens (tertiary/aromatic N) is 1. The number of carbonyl (C=O) groups is 1. The fourth-order valence-corrected chi connectivity index (χ4v) is 0.952. The van der Waals surface area contributed by atoms with Gasteiger partial charge in [-0.05, 0) is 13.0 Å². The first-order chi connectivity index (χ1) is 6.24. The van der Waals surface area contributed by atoms with E-state index in [9.17, 15) is 4.79 Å². The normalized spacial score (nSPS) is 12.5. The lowest BCUT2D eigenvalue weighted by atomic mass is 10.2. The monoisotopic (exact) mass is 182 g/mol. The quantitative estimate of drug-likeness (QED) is 0.604. The number of aromatic amines is 1. The van der Waals surface area contributed by atoms with Gasteiger partial charge in [0, 0.05) is 19.3 Å². The summed E-state index contributed by atoms with van der Waals surface area (Å²) in [5.74, 6) is -0.0219. The Morgan fingerprint density at radius 2 is 2.54 bits per heavy atom. The smallest absolute Gasteiger partial charge is 0.233 e. The second-order valence-corrected chi connectivity index (χ2v) is 2.79. The van der Waals surface area contributed by atoms with Crippen molar-refractivity contribution in [2.75, 3.05) is 13.6 Å². The van der Waals surface area contributed by atoms with E-state index in [1.807, 2.05) is 13.0 Å². The number of hydrogen-bond donors (Lipinski definition) is 3. The van der Waals surface area contributed by atoms with E-state index in [1.165, 1.54) is 0 Å². The molecule has 0 saturated carbocycles. The van der Waals surface area contributed by atoms with Crippen LogP contribution in [0.1, 0.15) is 18.7 Å². The first-order valence-electron chi connectivity index (χ1n) is 4.17. The van der Waals surface area contributed by atoms with Crippen molar-refractivity contribution in [2.45, 2.75) is 13.0 Å². The highest BCUT2D eigenvalue weighted by atomic mass is 16.1. The third-order valence-electron chi connectivity index (χ3n) is 1.84. The number of rotatable bonds is 4. The van der Waals surface area contributed by atoms with Gasteiger partial charge in [-0.25, -0.2) is 0 Å². The Bertz CT molecular complexity index is 257. The Morgan fingerprint density at radius 3 is 3.08 bits per heavy atom. The summed E-state index contributed by atoms with van der Waals surface area (Å²) in [5, 5.41) is 12.3. The molecule has 1 aromatic rings. The van der Waals surface area contributed by atoms with Crippen LogP contribution in [0.2, 0.25) is 0 Å². The molecule has 0 aromatic carbocycles. The van der Waals surface area contributed by atoms with Crippen LogP contribution >= 0.6 is 0 Å². The molecule has 3 N–H and O–H groups in total. The zero-order valence-corrected chi connectivity index (χ0v) is 7.79. The van der Waals surface area contributed by atoms with Crippen molar-refractivity contribution in [3.8, 4) is 0 Å². The number of aromatic nitrogens is 2. The molecule has 5 heteroatoms. The predicted molar refractivity (Wildman–Crippen MR) is 49.1 cm³/mol. The topological polar surface area (TPSA) is 69.8 Å². The molecule has 0 saturated heterocycles. The van der Waals surface area contributed by atoms with Crippen molar-refractivity contribution in [2.24, 2.45) is 0 Å². The highest BCUT2D eigenvalue weighted by Crippen LogP contribution is 2.05. The molecule has 0 radical (unpaired) electrons. The third-order valence-corrected chi connectivity index (χ3v) is 1.84. The van der Waals surface area contributed by atoms with E-state index in [1.54, 1.807) is 13.2 Å². The maximum Gasteiger partial charge on any atom is 0.233 e. The Labute approximate surface area is 76.9 Å². The highest BCUT2D eigenvalue weighted by molar-refractivity contribution is 5.77. The number of hydrogen-bond acceptors (Lipinski definition) is 3. The molecule has 13 heavy (non-hydrogen) atoms. The molecule has 0 bridgehead atoms. The molecule has 1 atom stereocenters. The summed E-state index contributed by atoms with van der Waals surface area (Å²) in [7, 11) is 1.62. The van der Waals surface area contributed by atoms with E-state index >= 15 is 0 Å². The van der Waals surface area contributed by atoms with Crippen LogP contribution in [0.3, 0.4) is 0 Å². The first-order valence-corrected chi connectivity index (χ1v) is 4.17. The molecule has 1 heterocycles. The molecular weight excluding hydrogens is 168 g/mol. The van der Waals surface area contributed by atoms with Crippen LogP contribution in [0.15, 0.2) is 12.3 Å². The third kappa shape index (κ3) is 2.87. The van der Waals surface area contributed by atoms with E-state index in [2.05, 4.69) is 20.8 Å². The highest BCUT2D eigenvalue weighted by Gasteiger charge is 2.06. The Balaban J connectivity index is 2.34. The minimum absolute atomic E-state index is 0.0219. The Kier molecular flexibility index (Phi) is 3.45. The lowest BCUT2D eigenvalue weighted by Crippen LogP contribution is -2.32. The number of nitrogens with one attached hydrogen (secondary N) is 3. The van der Waals surface area contributed by atoms with Crippen molar-refractivity contribution in [1.82, 2.24) is 20.8 Å². The predicted octanol–water partition coefficient (Wildman–Crippen LogP) is -0.194. The van der Waals surface area contributed by atoms with Crippen molar-refractivity contribution in [3.63, 3.8) is 0 Å². The molecule has 0 aliphatic rings. The molecule has 1 aromatic heterocycles. The lowest BCUT2D eigenvalue weighted by Gasteiger charge is -2.10. The van der Waals surface area contributed by atoms with Gasteiger partial charge < -0.3 is 10.6 Å². The van der Waals surface area contributed by atoms with Gasteiger partial charge in [0.05, 0.1) is 12.2 Å². The standard InChI is InChI=1S/C8H14N4O/c1-6(7-3-4-11-12-7)10-5-8(13)9-2/h3-4,6,10H,5H2,1-2H3,(H,9,13)(H,11,12). The fraction of sp³-hybridized carbons (Fsp3) is 0.500. The van der Waals surface area contributed by atoms with Gasteiger partial charge in [-0.15, -0.1) is 0 Å². The maximum atomic E-state index is 10.9. The maximum absolute atomic E-state index is 10.9. The van der Waals surface area contributed by atoms with Crippen LogP contribution in [0, 0.1) is 0 Å². The van der Waals surface area contributed by atoms with Gasteiger partial charge in [0.2, 0.25) is 5.91 Å². The first kappa shape index (κ1) is 9.73. The van der Waals surface area contributed by atoms with Crippen molar-refractivity contribution in [1.29, 1.82) is 0 Å². The summed E-state index contributed by atoms with van der Waals surface area (Å²) < 4.78 is 0. The van der Waals surface area contributed by atoms with Crippen LogP contribution < -0.4 is 10.6 Å². The average molecular weight is 182 g/mol. The van der Waals surface area contributed by atoms with Crippen LogP contribution in [-0.2, 0) is 4.79 Å². The minimum atomic E-state index is -0.0219. The number of likely N-dealkylation sites (N-methyl/N-ethyl adjacent to an activating group) is 1. The van der Waals surface area contributed by atoms with Crippen molar-refractivity contribution >= 4 is 5.91 Å². The summed E-state index contributed by atoms with van der Waals surface area (Å²) in [5.41, 5.74) is 0.976. The molecule has 0 fully saturated rings. The number of carbonyl (C=O) groups excluding carboxylic acids is 1. The minimum Gasteiger partial charge on any atom is -0.358 e. The molecule has 0 spiro atoms. The van der Waals surface area contributed by atoms with Gasteiger partial charge in [-0.3, -0.25) is 9.89 Å². The van der Waals surface area contributed by atoms with Crippen LogP contribution in [0.4, 0.5) is 0 Å². The fourth-order valence-electron chi connectivity index (χ4n) is 0.952. The molecule has 1 rings (SSSR count). The summed E-state index contributed by atoms with van der Waals surface area (Å²) in [6.45, 7) is 2.28. The summed E-state index contributed by atoms with van der Waals surface area (Å²) in [6, 6.07) is 1.99. The largest absolute Gasteiger partial charge is 0.358 e. The van der Waals surface area contributed by atoms with Gasteiger partial charge in [0.25, 0.3) is 0 Å². The number of H-pyrrole nitrogens is 1. The molecule has 0 aliphatic heterocycles. The van der Waals surface area contributed by atoms with Gasteiger partial charge in [-0.2, -0.15) is 5.10 Å². The SMILES string of the molecule is CNC(=O)CNC(C)c1ccn[nH]1. The van der Waals surface area contributed by atoms with E-state index in [4.69, 9.17) is 0 Å². The average Bonchev–Trinajstić information content (AvgIpc) is 2.66. The molecule has 0 aliphatic carbocycles. The Hall–Kier alpha value is -1.36. The van der Waals surface area contributed by atoms with E-state index in [0.717, 1.165) is 5.69 Å². The second kappa shape index (κ2) is 4.61.